The number of ether oxygens (including phenoxy) is 1. The molecule has 1 aliphatic heterocycles. The standard InChI is InChI=1S/C25H34F4O/c1-2-3-4-5-18-6-8-19(9-7-18)22-12-13-24(30-17-22)21-11-10-20(23(26)16-21)14-15-25(27,28)29/h10-11,14-16,18-19,22,24H,2-9,12-13,17H2,1H3. The van der Waals surface area contributed by atoms with Gasteiger partial charge in [-0.25, -0.2) is 4.39 Å². The lowest BCUT2D eigenvalue weighted by Crippen LogP contribution is -2.29. The van der Waals surface area contributed by atoms with Gasteiger partial charge in [0.2, 0.25) is 0 Å². The molecule has 0 radical (unpaired) electrons. The molecule has 1 heterocycles. The Kier molecular flexibility index (Phi) is 8.38. The SMILES string of the molecule is CCCCCC1CCC(C2CCC(c3ccc(C=CC(F)(F)F)c(F)c3)OC2)CC1. The lowest BCUT2D eigenvalue weighted by Gasteiger charge is -2.38. The molecule has 2 unspecified atom stereocenters. The summed E-state index contributed by atoms with van der Waals surface area (Å²) in [6, 6.07) is 4.41. The summed E-state index contributed by atoms with van der Waals surface area (Å²) in [6.45, 7) is 2.95. The zero-order valence-corrected chi connectivity index (χ0v) is 17.9. The molecule has 0 aromatic heterocycles. The maximum Gasteiger partial charge on any atom is 0.409 e. The van der Waals surface area contributed by atoms with E-state index in [0.717, 1.165) is 36.3 Å². The molecule has 0 spiro atoms. The Balaban J connectivity index is 1.47. The molecule has 0 bridgehead atoms. The van der Waals surface area contributed by atoms with Crippen molar-refractivity contribution in [1.82, 2.24) is 0 Å². The quantitative estimate of drug-likeness (QED) is 0.315. The van der Waals surface area contributed by atoms with Crippen LogP contribution in [0.3, 0.4) is 0 Å². The Labute approximate surface area is 177 Å². The van der Waals surface area contributed by atoms with Gasteiger partial charge in [0, 0.05) is 11.6 Å². The summed E-state index contributed by atoms with van der Waals surface area (Å²) in [5, 5.41) is 0. The van der Waals surface area contributed by atoms with Crippen molar-refractivity contribution in [2.45, 2.75) is 83.4 Å². The second kappa shape index (κ2) is 10.8. The van der Waals surface area contributed by atoms with Crippen LogP contribution in [-0.2, 0) is 4.74 Å². The maximum atomic E-state index is 14.2. The molecule has 1 aliphatic carbocycles. The zero-order chi connectivity index (χ0) is 21.6. The normalized spacial score (nSPS) is 28.2. The number of halogens is 4. The van der Waals surface area contributed by atoms with Gasteiger partial charge in [0.05, 0.1) is 12.7 Å². The van der Waals surface area contributed by atoms with E-state index in [1.165, 1.54) is 63.5 Å². The number of hydrogen-bond acceptors (Lipinski definition) is 1. The van der Waals surface area contributed by atoms with Crippen LogP contribution in [0.5, 0.6) is 0 Å². The maximum absolute atomic E-state index is 14.2. The van der Waals surface area contributed by atoms with Gasteiger partial charge in [0.15, 0.2) is 0 Å². The van der Waals surface area contributed by atoms with Crippen molar-refractivity contribution in [2.24, 2.45) is 17.8 Å². The van der Waals surface area contributed by atoms with Crippen LogP contribution in [0.15, 0.2) is 24.3 Å². The van der Waals surface area contributed by atoms with Gasteiger partial charge in [0.1, 0.15) is 5.82 Å². The average molecular weight is 427 g/mol. The Morgan fingerprint density at radius 1 is 1.00 bits per heavy atom. The number of hydrogen-bond donors (Lipinski definition) is 0. The summed E-state index contributed by atoms with van der Waals surface area (Å²) >= 11 is 0. The number of rotatable bonds is 7. The Hall–Kier alpha value is -1.36. The van der Waals surface area contributed by atoms with Crippen LogP contribution in [0.2, 0.25) is 0 Å². The van der Waals surface area contributed by atoms with Crippen molar-refractivity contribution in [3.8, 4) is 0 Å². The fraction of sp³-hybridized carbons (Fsp3) is 0.680. The van der Waals surface area contributed by atoms with Crippen LogP contribution < -0.4 is 0 Å². The molecule has 2 atom stereocenters. The Morgan fingerprint density at radius 3 is 2.33 bits per heavy atom. The lowest BCUT2D eigenvalue weighted by molar-refractivity contribution is -0.0790. The molecular formula is C25H34F4O. The van der Waals surface area contributed by atoms with Crippen LogP contribution in [0, 0.1) is 23.6 Å². The van der Waals surface area contributed by atoms with E-state index in [0.29, 0.717) is 12.5 Å². The van der Waals surface area contributed by atoms with Crippen molar-refractivity contribution < 1.29 is 22.3 Å². The highest BCUT2D eigenvalue weighted by Gasteiger charge is 2.32. The molecule has 0 amide bonds. The van der Waals surface area contributed by atoms with Crippen molar-refractivity contribution in [1.29, 1.82) is 0 Å². The van der Waals surface area contributed by atoms with Gasteiger partial charge in [-0.15, -0.1) is 0 Å². The highest BCUT2D eigenvalue weighted by atomic mass is 19.4. The lowest BCUT2D eigenvalue weighted by atomic mass is 9.72. The van der Waals surface area contributed by atoms with Gasteiger partial charge in [-0.1, -0.05) is 57.6 Å². The van der Waals surface area contributed by atoms with Crippen LogP contribution in [0.25, 0.3) is 6.08 Å². The second-order valence-electron chi connectivity index (χ2n) is 9.09. The summed E-state index contributed by atoms with van der Waals surface area (Å²) in [6.07, 6.45) is 8.79. The van der Waals surface area contributed by atoms with E-state index in [1.54, 1.807) is 6.07 Å². The van der Waals surface area contributed by atoms with Gasteiger partial charge in [-0.2, -0.15) is 13.2 Å². The van der Waals surface area contributed by atoms with Crippen molar-refractivity contribution in [3.63, 3.8) is 0 Å². The predicted octanol–water partition coefficient (Wildman–Crippen LogP) is 8.26. The van der Waals surface area contributed by atoms with E-state index in [1.807, 2.05) is 0 Å². The first kappa shape index (κ1) is 23.3. The summed E-state index contributed by atoms with van der Waals surface area (Å²) in [4.78, 5) is 0. The molecule has 5 heteroatoms. The first-order valence-electron chi connectivity index (χ1n) is 11.5. The van der Waals surface area contributed by atoms with Crippen molar-refractivity contribution in [3.05, 3.63) is 41.2 Å². The minimum atomic E-state index is -4.44. The number of alkyl halides is 3. The highest BCUT2D eigenvalue weighted by Crippen LogP contribution is 2.41. The molecule has 1 saturated heterocycles. The Morgan fingerprint density at radius 2 is 1.73 bits per heavy atom. The fourth-order valence-electron chi connectivity index (χ4n) is 5.10. The summed E-state index contributed by atoms with van der Waals surface area (Å²) in [5.41, 5.74) is 0.662. The molecule has 2 aliphatic rings. The monoisotopic (exact) mass is 426 g/mol. The minimum absolute atomic E-state index is 0.0551. The predicted molar refractivity (Wildman–Crippen MR) is 112 cm³/mol. The van der Waals surface area contributed by atoms with E-state index in [4.69, 9.17) is 4.74 Å². The largest absolute Gasteiger partial charge is 0.409 e. The van der Waals surface area contributed by atoms with Gasteiger partial charge >= 0.3 is 6.18 Å². The highest BCUT2D eigenvalue weighted by molar-refractivity contribution is 5.51. The van der Waals surface area contributed by atoms with E-state index in [2.05, 4.69) is 6.92 Å². The first-order valence-corrected chi connectivity index (χ1v) is 11.5. The van der Waals surface area contributed by atoms with Crippen LogP contribution in [-0.4, -0.2) is 12.8 Å². The smallest absolute Gasteiger partial charge is 0.373 e. The molecule has 1 aromatic carbocycles. The van der Waals surface area contributed by atoms with E-state index in [9.17, 15) is 17.6 Å². The second-order valence-corrected chi connectivity index (χ2v) is 9.09. The number of allylic oxidation sites excluding steroid dienone is 1. The topological polar surface area (TPSA) is 9.23 Å². The van der Waals surface area contributed by atoms with Gasteiger partial charge in [-0.05, 0) is 61.1 Å². The first-order chi connectivity index (χ1) is 14.4. The van der Waals surface area contributed by atoms with Gasteiger partial charge < -0.3 is 4.74 Å². The average Bonchev–Trinajstić information content (AvgIpc) is 2.73. The number of benzene rings is 1. The molecular weight excluding hydrogens is 392 g/mol. The summed E-state index contributed by atoms with van der Waals surface area (Å²) in [7, 11) is 0. The third-order valence-electron chi connectivity index (χ3n) is 6.93. The molecule has 168 valence electrons. The third-order valence-corrected chi connectivity index (χ3v) is 6.93. The van der Waals surface area contributed by atoms with Crippen LogP contribution >= 0.6 is 0 Å². The van der Waals surface area contributed by atoms with Crippen molar-refractivity contribution >= 4 is 6.08 Å². The van der Waals surface area contributed by atoms with E-state index in [-0.39, 0.29) is 17.7 Å². The molecule has 1 aromatic rings. The zero-order valence-electron chi connectivity index (χ0n) is 17.9. The third kappa shape index (κ3) is 6.83. The summed E-state index contributed by atoms with van der Waals surface area (Å²) in [5.74, 6) is 1.58. The summed E-state index contributed by atoms with van der Waals surface area (Å²) < 4.78 is 57.2. The van der Waals surface area contributed by atoms with Gasteiger partial charge in [0.25, 0.3) is 0 Å². The van der Waals surface area contributed by atoms with Crippen LogP contribution in [0.4, 0.5) is 17.6 Å². The van der Waals surface area contributed by atoms with E-state index >= 15 is 0 Å². The van der Waals surface area contributed by atoms with E-state index < -0.39 is 12.0 Å². The number of unbranched alkanes of at least 4 members (excludes halogenated alkanes) is 2. The Bertz CT molecular complexity index is 681. The fourth-order valence-corrected chi connectivity index (χ4v) is 5.10. The molecule has 0 N–H and O–H groups in total. The molecule has 1 nitrogen and oxygen atoms in total. The van der Waals surface area contributed by atoms with Crippen LogP contribution in [0.1, 0.15) is 88.4 Å². The molecule has 3 rings (SSSR count). The van der Waals surface area contributed by atoms with Crippen molar-refractivity contribution in [2.75, 3.05) is 6.61 Å². The minimum Gasteiger partial charge on any atom is -0.373 e. The molecule has 2 fully saturated rings. The molecule has 30 heavy (non-hydrogen) atoms. The molecule has 1 saturated carbocycles. The van der Waals surface area contributed by atoms with Gasteiger partial charge in [-0.3, -0.25) is 0 Å².